The van der Waals surface area contributed by atoms with Gasteiger partial charge < -0.3 is 20.1 Å². The quantitative estimate of drug-likeness (QED) is 0.201. The molecule has 0 fully saturated rings. The van der Waals surface area contributed by atoms with Crippen molar-refractivity contribution in [3.63, 3.8) is 0 Å². The molecular formula is C37H42N2O4. The Morgan fingerprint density at radius 1 is 0.535 bits per heavy atom. The number of ether oxygens (including phenoxy) is 2. The van der Waals surface area contributed by atoms with Crippen molar-refractivity contribution in [2.75, 3.05) is 23.8 Å². The third-order valence-electron chi connectivity index (χ3n) is 6.99. The van der Waals surface area contributed by atoms with E-state index in [1.807, 2.05) is 97.1 Å². The minimum atomic E-state index is -0.210. The maximum absolute atomic E-state index is 12.5. The van der Waals surface area contributed by atoms with Gasteiger partial charge in [-0.05, 0) is 75.9 Å². The number of carbonyl (C=O) groups is 2. The van der Waals surface area contributed by atoms with Crippen molar-refractivity contribution in [1.82, 2.24) is 0 Å². The Morgan fingerprint density at radius 2 is 0.884 bits per heavy atom. The number of rotatable bonds is 10. The van der Waals surface area contributed by atoms with Gasteiger partial charge in [0.15, 0.2) is 13.2 Å². The Kier molecular flexibility index (Phi) is 9.92. The molecule has 224 valence electrons. The van der Waals surface area contributed by atoms with E-state index in [0.29, 0.717) is 11.4 Å². The molecule has 0 aliphatic rings. The lowest BCUT2D eigenvalue weighted by atomic mass is 9.86. The largest absolute Gasteiger partial charge is 0.483 e. The van der Waals surface area contributed by atoms with Crippen molar-refractivity contribution in [2.45, 2.75) is 58.8 Å². The van der Waals surface area contributed by atoms with Crippen molar-refractivity contribution in [2.24, 2.45) is 0 Å². The summed E-state index contributed by atoms with van der Waals surface area (Å²) in [6.45, 7) is 12.6. The smallest absolute Gasteiger partial charge is 0.262 e. The molecule has 6 heteroatoms. The minimum Gasteiger partial charge on any atom is -0.483 e. The molecule has 0 saturated heterocycles. The van der Waals surface area contributed by atoms with Crippen molar-refractivity contribution < 1.29 is 19.1 Å². The van der Waals surface area contributed by atoms with Gasteiger partial charge in [-0.25, -0.2) is 0 Å². The lowest BCUT2D eigenvalue weighted by molar-refractivity contribution is -0.118. The molecule has 0 radical (unpaired) electrons. The second-order valence-electron chi connectivity index (χ2n) is 12.7. The number of hydrogen-bond donors (Lipinski definition) is 2. The van der Waals surface area contributed by atoms with Crippen LogP contribution in [0.25, 0.3) is 0 Å². The van der Waals surface area contributed by atoms with Crippen LogP contribution in [-0.2, 0) is 26.8 Å². The van der Waals surface area contributed by atoms with E-state index < -0.39 is 0 Å². The SMILES string of the molecule is CC(C)(C)c1ccccc1OCC(=O)Nc1ccc(Cc2ccc(NC(=O)COc3ccccc3C(C)(C)C)cc2)cc1. The number of benzene rings is 4. The van der Waals surface area contributed by atoms with Gasteiger partial charge in [0.2, 0.25) is 0 Å². The van der Waals surface area contributed by atoms with Crippen molar-refractivity contribution in [1.29, 1.82) is 0 Å². The summed E-state index contributed by atoms with van der Waals surface area (Å²) < 4.78 is 11.7. The fourth-order valence-electron chi connectivity index (χ4n) is 4.75. The van der Waals surface area contributed by atoms with Gasteiger partial charge in [0.25, 0.3) is 11.8 Å². The molecule has 0 aromatic heterocycles. The predicted octanol–water partition coefficient (Wildman–Crippen LogP) is 7.91. The number of nitrogens with one attached hydrogen (secondary N) is 2. The zero-order valence-corrected chi connectivity index (χ0v) is 26.0. The molecule has 4 aromatic rings. The number of anilines is 2. The fraction of sp³-hybridized carbons (Fsp3) is 0.297. The first-order valence-electron chi connectivity index (χ1n) is 14.6. The number of para-hydroxylation sites is 2. The van der Waals surface area contributed by atoms with E-state index in [1.165, 1.54) is 0 Å². The summed E-state index contributed by atoms with van der Waals surface area (Å²) in [6.07, 6.45) is 0.724. The Balaban J connectivity index is 1.24. The topological polar surface area (TPSA) is 76.7 Å². The van der Waals surface area contributed by atoms with Crippen molar-refractivity contribution in [3.05, 3.63) is 119 Å². The van der Waals surface area contributed by atoms with Crippen LogP contribution in [-0.4, -0.2) is 25.0 Å². The van der Waals surface area contributed by atoms with Gasteiger partial charge in [0.1, 0.15) is 11.5 Å². The van der Waals surface area contributed by atoms with E-state index in [1.54, 1.807) is 0 Å². The standard InChI is InChI=1S/C37H42N2O4/c1-36(2,3)30-11-7-9-13-32(30)42-24-34(40)38-28-19-15-26(16-20-28)23-27-17-21-29(22-18-27)39-35(41)25-43-33-14-10-8-12-31(33)37(4,5)6/h7-22H,23-25H2,1-6H3,(H,38,40)(H,39,41). The third-order valence-corrected chi connectivity index (χ3v) is 6.99. The summed E-state index contributed by atoms with van der Waals surface area (Å²) in [6, 6.07) is 31.2. The molecule has 2 N–H and O–H groups in total. The maximum atomic E-state index is 12.5. The number of hydrogen-bond acceptors (Lipinski definition) is 4. The summed E-state index contributed by atoms with van der Waals surface area (Å²) in [5, 5.41) is 5.81. The number of amides is 2. The molecule has 4 aromatic carbocycles. The first kappa shape index (κ1) is 31.4. The average molecular weight is 579 g/mol. The van der Waals surface area contributed by atoms with E-state index in [-0.39, 0.29) is 35.9 Å². The zero-order valence-electron chi connectivity index (χ0n) is 26.0. The average Bonchev–Trinajstić information content (AvgIpc) is 2.96. The second-order valence-corrected chi connectivity index (χ2v) is 12.7. The van der Waals surface area contributed by atoms with Crippen LogP contribution in [0.3, 0.4) is 0 Å². The molecule has 0 saturated carbocycles. The fourth-order valence-corrected chi connectivity index (χ4v) is 4.75. The normalized spacial score (nSPS) is 11.5. The lowest BCUT2D eigenvalue weighted by Crippen LogP contribution is -2.22. The Labute approximate surface area is 255 Å². The highest BCUT2D eigenvalue weighted by Crippen LogP contribution is 2.32. The zero-order chi connectivity index (χ0) is 31.0. The van der Waals surface area contributed by atoms with Gasteiger partial charge in [-0.2, -0.15) is 0 Å². The van der Waals surface area contributed by atoms with Crippen LogP contribution in [0, 0.1) is 0 Å². The van der Waals surface area contributed by atoms with Gasteiger partial charge in [0, 0.05) is 11.4 Å². The Bertz CT molecular complexity index is 1410. The molecule has 6 nitrogen and oxygen atoms in total. The second kappa shape index (κ2) is 13.6. The Morgan fingerprint density at radius 3 is 1.23 bits per heavy atom. The molecular weight excluding hydrogens is 536 g/mol. The molecule has 2 amide bonds. The van der Waals surface area contributed by atoms with Gasteiger partial charge >= 0.3 is 0 Å². The van der Waals surface area contributed by atoms with E-state index >= 15 is 0 Å². The van der Waals surface area contributed by atoms with Crippen LogP contribution in [0.15, 0.2) is 97.1 Å². The van der Waals surface area contributed by atoms with Crippen molar-refractivity contribution in [3.8, 4) is 11.5 Å². The summed E-state index contributed by atoms with van der Waals surface area (Å²) >= 11 is 0. The highest BCUT2D eigenvalue weighted by atomic mass is 16.5. The summed E-state index contributed by atoms with van der Waals surface area (Å²) in [7, 11) is 0. The molecule has 0 aliphatic heterocycles. The van der Waals surface area contributed by atoms with Crippen LogP contribution < -0.4 is 20.1 Å². The van der Waals surface area contributed by atoms with Crippen LogP contribution in [0.1, 0.15) is 63.8 Å². The first-order valence-corrected chi connectivity index (χ1v) is 14.6. The first-order chi connectivity index (χ1) is 20.4. The van der Waals surface area contributed by atoms with Crippen molar-refractivity contribution >= 4 is 23.2 Å². The van der Waals surface area contributed by atoms with E-state index in [2.05, 4.69) is 52.2 Å². The van der Waals surface area contributed by atoms with E-state index in [4.69, 9.17) is 9.47 Å². The lowest BCUT2D eigenvalue weighted by Gasteiger charge is -2.22. The summed E-state index contributed by atoms with van der Waals surface area (Å²) in [5.41, 5.74) is 5.62. The number of carbonyl (C=O) groups excluding carboxylic acids is 2. The van der Waals surface area contributed by atoms with E-state index in [0.717, 1.165) is 40.2 Å². The third kappa shape index (κ3) is 9.20. The van der Waals surface area contributed by atoms with Gasteiger partial charge in [-0.3, -0.25) is 9.59 Å². The summed E-state index contributed by atoms with van der Waals surface area (Å²) in [4.78, 5) is 25.0. The molecule has 0 aliphatic carbocycles. The van der Waals surface area contributed by atoms with Gasteiger partial charge in [-0.15, -0.1) is 0 Å². The van der Waals surface area contributed by atoms with Gasteiger partial charge in [0.05, 0.1) is 0 Å². The van der Waals surface area contributed by atoms with Crippen LogP contribution in [0.4, 0.5) is 11.4 Å². The van der Waals surface area contributed by atoms with Crippen LogP contribution in [0.2, 0.25) is 0 Å². The molecule has 0 unspecified atom stereocenters. The maximum Gasteiger partial charge on any atom is 0.262 e. The van der Waals surface area contributed by atoms with Gasteiger partial charge in [-0.1, -0.05) is 102 Å². The molecule has 0 atom stereocenters. The van der Waals surface area contributed by atoms with E-state index in [9.17, 15) is 9.59 Å². The summed E-state index contributed by atoms with van der Waals surface area (Å²) in [5.74, 6) is 1.03. The molecule has 43 heavy (non-hydrogen) atoms. The molecule has 0 heterocycles. The Hall–Kier alpha value is -4.58. The highest BCUT2D eigenvalue weighted by molar-refractivity contribution is 5.92. The molecule has 0 bridgehead atoms. The molecule has 4 rings (SSSR count). The molecule has 0 spiro atoms. The monoisotopic (exact) mass is 578 g/mol. The van der Waals surface area contributed by atoms with Crippen LogP contribution in [0.5, 0.6) is 11.5 Å². The van der Waals surface area contributed by atoms with Crippen LogP contribution >= 0.6 is 0 Å². The predicted molar refractivity (Wildman–Crippen MR) is 174 cm³/mol. The highest BCUT2D eigenvalue weighted by Gasteiger charge is 2.20. The minimum absolute atomic E-state index is 0.0614.